The number of piperazine rings is 1. The lowest BCUT2D eigenvalue weighted by Crippen LogP contribution is -2.50. The normalized spacial score (nSPS) is 13.0. The lowest BCUT2D eigenvalue weighted by Gasteiger charge is -2.36. The molecule has 0 atom stereocenters. The Morgan fingerprint density at radius 3 is 2.02 bits per heavy atom. The van der Waals surface area contributed by atoms with Gasteiger partial charge in [0.05, 0.1) is 57.4 Å². The Labute approximate surface area is 338 Å². The summed E-state index contributed by atoms with van der Waals surface area (Å²) >= 11 is 0. The number of nitrogens with one attached hydrogen (secondary N) is 1. The molecule has 5 rings (SSSR count). The number of aryl methyl sites for hydroxylation is 1. The number of amides is 2. The SMILES string of the molecule is CCN(CCN1CCN(C(=O)Cc2ccc(-c3nnc(C)nn3)cc2)CC1)c1ccc(N=Nc2ccc(C(=O)NCCOCCOCCOCCN=[N+]=[N-])cc2)cc1. The van der Waals surface area contributed by atoms with Gasteiger partial charge in [-0.1, -0.05) is 29.4 Å². The summed E-state index contributed by atoms with van der Waals surface area (Å²) in [4.78, 5) is 34.9. The van der Waals surface area contributed by atoms with E-state index in [-0.39, 0.29) is 11.8 Å². The second-order valence-corrected chi connectivity index (χ2v) is 13.3. The Bertz CT molecular complexity index is 1920. The quantitative estimate of drug-likeness (QED) is 0.0459. The number of hydrogen-bond acceptors (Lipinski definition) is 14. The molecule has 58 heavy (non-hydrogen) atoms. The van der Waals surface area contributed by atoms with E-state index in [9.17, 15) is 9.59 Å². The number of nitrogens with zero attached hydrogens (tertiary/aromatic N) is 12. The van der Waals surface area contributed by atoms with Crippen molar-refractivity contribution in [2.24, 2.45) is 15.3 Å². The minimum absolute atomic E-state index is 0.132. The summed E-state index contributed by atoms with van der Waals surface area (Å²) in [6.07, 6.45) is 0.356. The molecule has 1 aliphatic heterocycles. The second-order valence-electron chi connectivity index (χ2n) is 13.3. The molecule has 1 aliphatic rings. The molecule has 0 bridgehead atoms. The fourth-order valence-electron chi connectivity index (χ4n) is 5.96. The standard InChI is InChI=1S/C40H51N13O5/c1-3-52(21-18-51-19-22-53(23-20-51)38(54)30-32-4-6-33(7-5-32)39-48-44-31(2)45-49-39)37-14-12-36(13-15-37)47-46-35-10-8-34(9-11-35)40(55)42-16-24-56-26-28-58-29-27-57-25-17-43-50-41/h4-15H,3,16-30H2,1-2H3,(H,42,55). The lowest BCUT2D eigenvalue weighted by atomic mass is 10.1. The second kappa shape index (κ2) is 24.0. The van der Waals surface area contributed by atoms with Gasteiger partial charge in [0.1, 0.15) is 0 Å². The van der Waals surface area contributed by atoms with Gasteiger partial charge in [0, 0.05) is 80.6 Å². The number of likely N-dealkylation sites (N-methyl/N-ethyl adjacent to an activating group) is 1. The van der Waals surface area contributed by atoms with Gasteiger partial charge in [-0.05, 0) is 73.5 Å². The van der Waals surface area contributed by atoms with Gasteiger partial charge in [-0.15, -0.1) is 20.4 Å². The molecular formula is C40H51N13O5. The van der Waals surface area contributed by atoms with Crippen LogP contribution in [-0.4, -0.2) is 141 Å². The van der Waals surface area contributed by atoms with Crippen molar-refractivity contribution in [3.8, 4) is 11.4 Å². The highest BCUT2D eigenvalue weighted by molar-refractivity contribution is 5.94. The Kier molecular flexibility index (Phi) is 17.9. The zero-order chi connectivity index (χ0) is 40.8. The minimum atomic E-state index is -0.199. The highest BCUT2D eigenvalue weighted by atomic mass is 16.5. The van der Waals surface area contributed by atoms with Crippen LogP contribution in [0.25, 0.3) is 21.8 Å². The van der Waals surface area contributed by atoms with Crippen molar-refractivity contribution in [3.63, 3.8) is 0 Å². The number of anilines is 1. The van der Waals surface area contributed by atoms with Crippen molar-refractivity contribution in [2.75, 3.05) is 103 Å². The molecule has 0 aliphatic carbocycles. The van der Waals surface area contributed by atoms with Crippen molar-refractivity contribution in [3.05, 3.63) is 100 Å². The summed E-state index contributed by atoms with van der Waals surface area (Å²) in [6, 6.07) is 22.6. The highest BCUT2D eigenvalue weighted by Gasteiger charge is 2.21. The number of carbonyl (C=O) groups excluding carboxylic acids is 2. The fraction of sp³-hybridized carbons (Fsp3) is 0.450. The zero-order valence-electron chi connectivity index (χ0n) is 33.1. The van der Waals surface area contributed by atoms with Crippen LogP contribution in [0.4, 0.5) is 17.1 Å². The largest absolute Gasteiger partial charge is 0.379 e. The van der Waals surface area contributed by atoms with Crippen LogP contribution in [0.2, 0.25) is 0 Å². The third kappa shape index (κ3) is 14.5. The van der Waals surface area contributed by atoms with E-state index >= 15 is 0 Å². The zero-order valence-corrected chi connectivity index (χ0v) is 33.1. The van der Waals surface area contributed by atoms with Crippen LogP contribution in [0, 0.1) is 6.92 Å². The molecular weight excluding hydrogens is 743 g/mol. The molecule has 1 N–H and O–H groups in total. The average molecular weight is 794 g/mol. The summed E-state index contributed by atoms with van der Waals surface area (Å²) in [6.45, 7) is 12.7. The lowest BCUT2D eigenvalue weighted by molar-refractivity contribution is -0.132. The molecule has 0 radical (unpaired) electrons. The maximum Gasteiger partial charge on any atom is 0.251 e. The number of ether oxygens (including phenoxy) is 3. The maximum atomic E-state index is 13.1. The first-order valence-electron chi connectivity index (χ1n) is 19.4. The number of carbonyl (C=O) groups is 2. The van der Waals surface area contributed by atoms with E-state index in [0.717, 1.165) is 55.2 Å². The van der Waals surface area contributed by atoms with Gasteiger partial charge >= 0.3 is 0 Å². The first-order chi connectivity index (χ1) is 28.4. The molecule has 0 unspecified atom stereocenters. The van der Waals surface area contributed by atoms with Gasteiger partial charge in [-0.25, -0.2) is 0 Å². The van der Waals surface area contributed by atoms with Crippen LogP contribution in [0.5, 0.6) is 0 Å². The van der Waals surface area contributed by atoms with Crippen LogP contribution in [0.1, 0.15) is 28.7 Å². The molecule has 2 amide bonds. The number of benzene rings is 3. The van der Waals surface area contributed by atoms with E-state index in [4.69, 9.17) is 19.7 Å². The molecule has 18 heteroatoms. The first kappa shape index (κ1) is 43.2. The predicted octanol–water partition coefficient (Wildman–Crippen LogP) is 4.96. The van der Waals surface area contributed by atoms with Crippen LogP contribution < -0.4 is 10.2 Å². The third-order valence-electron chi connectivity index (χ3n) is 9.24. The van der Waals surface area contributed by atoms with Crippen molar-refractivity contribution in [1.82, 2.24) is 35.5 Å². The number of azide groups is 1. The van der Waals surface area contributed by atoms with Gasteiger partial charge in [0.15, 0.2) is 5.82 Å². The monoisotopic (exact) mass is 793 g/mol. The third-order valence-corrected chi connectivity index (χ3v) is 9.24. The minimum Gasteiger partial charge on any atom is -0.379 e. The summed E-state index contributed by atoms with van der Waals surface area (Å²) < 4.78 is 16.1. The maximum absolute atomic E-state index is 13.1. The Morgan fingerprint density at radius 1 is 0.793 bits per heavy atom. The van der Waals surface area contributed by atoms with Crippen molar-refractivity contribution in [2.45, 2.75) is 20.3 Å². The van der Waals surface area contributed by atoms with E-state index in [1.54, 1.807) is 31.2 Å². The number of hydrogen-bond donors (Lipinski definition) is 1. The average Bonchev–Trinajstić information content (AvgIpc) is 3.26. The Hall–Kier alpha value is -5.91. The van der Waals surface area contributed by atoms with Gasteiger partial charge in [0.2, 0.25) is 11.7 Å². The van der Waals surface area contributed by atoms with Crippen LogP contribution >= 0.6 is 0 Å². The molecule has 0 saturated carbocycles. The number of rotatable bonds is 23. The van der Waals surface area contributed by atoms with Gasteiger partial charge in [0.25, 0.3) is 5.91 Å². The first-order valence-corrected chi connectivity index (χ1v) is 19.4. The molecule has 1 fully saturated rings. The number of aromatic nitrogens is 4. The van der Waals surface area contributed by atoms with E-state index in [0.29, 0.717) is 95.1 Å². The summed E-state index contributed by atoms with van der Waals surface area (Å²) in [5.41, 5.74) is 13.0. The summed E-state index contributed by atoms with van der Waals surface area (Å²) in [5, 5.41) is 31.0. The van der Waals surface area contributed by atoms with Crippen molar-refractivity contribution < 1.29 is 23.8 Å². The van der Waals surface area contributed by atoms with E-state index < -0.39 is 0 Å². The van der Waals surface area contributed by atoms with E-state index in [2.05, 4.69) is 74.8 Å². The molecule has 0 spiro atoms. The van der Waals surface area contributed by atoms with Crippen LogP contribution in [0.15, 0.2) is 88.1 Å². The summed E-state index contributed by atoms with van der Waals surface area (Å²) in [7, 11) is 0. The molecule has 18 nitrogen and oxygen atoms in total. The van der Waals surface area contributed by atoms with E-state index in [1.807, 2.05) is 41.3 Å². The fourth-order valence-corrected chi connectivity index (χ4v) is 5.96. The highest BCUT2D eigenvalue weighted by Crippen LogP contribution is 2.23. The molecule has 4 aromatic rings. The molecule has 2 heterocycles. The Balaban J connectivity index is 0.950. The smallest absolute Gasteiger partial charge is 0.251 e. The van der Waals surface area contributed by atoms with Gasteiger partial charge in [-0.2, -0.15) is 10.2 Å². The van der Waals surface area contributed by atoms with Gasteiger partial charge < -0.3 is 29.3 Å². The molecule has 1 saturated heterocycles. The summed E-state index contributed by atoms with van der Waals surface area (Å²) in [5.74, 6) is 0.917. The van der Waals surface area contributed by atoms with Crippen molar-refractivity contribution >= 4 is 28.9 Å². The van der Waals surface area contributed by atoms with Crippen molar-refractivity contribution in [1.29, 1.82) is 0 Å². The van der Waals surface area contributed by atoms with Gasteiger partial charge in [-0.3, -0.25) is 14.5 Å². The number of azo groups is 1. The van der Waals surface area contributed by atoms with E-state index in [1.165, 1.54) is 0 Å². The molecule has 306 valence electrons. The Morgan fingerprint density at radius 2 is 1.40 bits per heavy atom. The topological polar surface area (TPSA) is 209 Å². The molecule has 3 aromatic carbocycles. The molecule has 1 aromatic heterocycles. The predicted molar refractivity (Wildman–Crippen MR) is 218 cm³/mol. The van der Waals surface area contributed by atoms with Crippen LogP contribution in [-0.2, 0) is 25.4 Å². The van der Waals surface area contributed by atoms with Crippen LogP contribution in [0.3, 0.4) is 0 Å².